The Morgan fingerprint density at radius 3 is 2.20 bits per heavy atom. The minimum atomic E-state index is -3.84. The van der Waals surface area contributed by atoms with Gasteiger partial charge in [-0.15, -0.1) is 0 Å². The van der Waals surface area contributed by atoms with Crippen LogP contribution in [0.1, 0.15) is 31.4 Å². The molecule has 3 aromatic carbocycles. The summed E-state index contributed by atoms with van der Waals surface area (Å²) in [6, 6.07) is 20.5. The van der Waals surface area contributed by atoms with Gasteiger partial charge in [0.15, 0.2) is 6.61 Å². The molecule has 0 heterocycles. The lowest BCUT2D eigenvalue weighted by Crippen LogP contribution is -2.31. The molecule has 0 atom stereocenters. The van der Waals surface area contributed by atoms with Crippen molar-refractivity contribution in [1.82, 2.24) is 5.32 Å². The van der Waals surface area contributed by atoms with E-state index in [9.17, 15) is 13.2 Å². The first kappa shape index (κ1) is 26.6. The minimum Gasteiger partial charge on any atom is -0.484 e. The highest BCUT2D eigenvalue weighted by atomic mass is 35.5. The molecule has 1 amide bonds. The first-order valence-electron chi connectivity index (χ1n) is 11.5. The smallest absolute Gasteiger partial charge is 0.264 e. The van der Waals surface area contributed by atoms with Crippen LogP contribution >= 0.6 is 11.6 Å². The fraction of sp³-hybridized carbons (Fsp3) is 0.296. The third kappa shape index (κ3) is 7.73. The van der Waals surface area contributed by atoms with Crippen molar-refractivity contribution in [1.29, 1.82) is 0 Å². The predicted molar refractivity (Wildman–Crippen MR) is 140 cm³/mol. The first-order valence-corrected chi connectivity index (χ1v) is 13.3. The molecule has 3 rings (SSSR count). The zero-order valence-electron chi connectivity index (χ0n) is 20.2. The van der Waals surface area contributed by atoms with E-state index in [2.05, 4.69) is 19.2 Å². The van der Waals surface area contributed by atoms with E-state index < -0.39 is 10.0 Å². The average molecular weight is 515 g/mol. The van der Waals surface area contributed by atoms with Crippen LogP contribution in [0.4, 0.5) is 5.69 Å². The fourth-order valence-corrected chi connectivity index (χ4v) is 4.90. The maximum Gasteiger partial charge on any atom is 0.264 e. The second kappa shape index (κ2) is 12.1. The number of halogens is 1. The second-order valence-corrected chi connectivity index (χ2v) is 11.1. The van der Waals surface area contributed by atoms with Crippen molar-refractivity contribution in [2.75, 3.05) is 17.5 Å². The van der Waals surface area contributed by atoms with Gasteiger partial charge in [0, 0.05) is 11.6 Å². The zero-order chi connectivity index (χ0) is 25.4. The van der Waals surface area contributed by atoms with Crippen LogP contribution in [0.25, 0.3) is 0 Å². The molecule has 8 heteroatoms. The number of anilines is 1. The normalized spacial score (nSPS) is 11.3. The highest BCUT2D eigenvalue weighted by molar-refractivity contribution is 7.92. The minimum absolute atomic E-state index is 0.104. The van der Waals surface area contributed by atoms with Crippen LogP contribution in [0.2, 0.25) is 5.02 Å². The molecule has 0 bridgehead atoms. The van der Waals surface area contributed by atoms with E-state index in [1.165, 1.54) is 4.31 Å². The van der Waals surface area contributed by atoms with Gasteiger partial charge in [0.2, 0.25) is 0 Å². The molecule has 0 saturated heterocycles. The lowest BCUT2D eigenvalue weighted by atomic mass is 10.1. The van der Waals surface area contributed by atoms with Crippen molar-refractivity contribution in [2.45, 2.75) is 38.6 Å². The Balaban J connectivity index is 1.79. The lowest BCUT2D eigenvalue weighted by molar-refractivity contribution is -0.123. The molecular weight excluding hydrogens is 484 g/mol. The highest BCUT2D eigenvalue weighted by Gasteiger charge is 2.25. The molecule has 0 saturated carbocycles. The van der Waals surface area contributed by atoms with Gasteiger partial charge in [-0.3, -0.25) is 9.10 Å². The number of benzene rings is 3. The van der Waals surface area contributed by atoms with E-state index in [4.69, 9.17) is 16.3 Å². The molecule has 6 nitrogen and oxygen atoms in total. The summed E-state index contributed by atoms with van der Waals surface area (Å²) < 4.78 is 34.1. The number of nitrogens with one attached hydrogen (secondary N) is 1. The van der Waals surface area contributed by atoms with Crippen LogP contribution < -0.4 is 14.4 Å². The molecule has 0 fully saturated rings. The largest absolute Gasteiger partial charge is 0.484 e. The Morgan fingerprint density at radius 2 is 1.60 bits per heavy atom. The first-order chi connectivity index (χ1) is 16.6. The van der Waals surface area contributed by atoms with Gasteiger partial charge in [-0.1, -0.05) is 55.3 Å². The van der Waals surface area contributed by atoms with E-state index in [0.29, 0.717) is 28.9 Å². The molecule has 186 valence electrons. The summed E-state index contributed by atoms with van der Waals surface area (Å²) in [5.41, 5.74) is 2.25. The van der Waals surface area contributed by atoms with E-state index in [0.717, 1.165) is 17.5 Å². The van der Waals surface area contributed by atoms with Crippen molar-refractivity contribution < 1.29 is 17.9 Å². The van der Waals surface area contributed by atoms with Gasteiger partial charge in [0.05, 0.1) is 17.1 Å². The summed E-state index contributed by atoms with van der Waals surface area (Å²) in [5.74, 6) is 0.795. The van der Waals surface area contributed by atoms with E-state index >= 15 is 0 Å². The molecule has 0 spiro atoms. The number of carbonyl (C=O) groups is 1. The molecular formula is C27H31ClN2O4S. The van der Waals surface area contributed by atoms with Crippen LogP contribution in [0, 0.1) is 12.8 Å². The number of aryl methyl sites for hydroxylation is 1. The number of hydrogen-bond acceptors (Lipinski definition) is 4. The maximum atomic E-state index is 13.6. The molecule has 0 unspecified atom stereocenters. The maximum absolute atomic E-state index is 13.6. The van der Waals surface area contributed by atoms with Gasteiger partial charge < -0.3 is 10.1 Å². The van der Waals surface area contributed by atoms with Crippen LogP contribution in [-0.2, 0) is 21.4 Å². The van der Waals surface area contributed by atoms with Crippen LogP contribution in [0.5, 0.6) is 5.75 Å². The third-order valence-electron chi connectivity index (χ3n) is 5.39. The number of hydrogen-bond donors (Lipinski definition) is 1. The summed E-state index contributed by atoms with van der Waals surface area (Å²) in [7, 11) is -3.84. The molecule has 3 aromatic rings. The summed E-state index contributed by atoms with van der Waals surface area (Å²) in [5, 5.41) is 3.41. The van der Waals surface area contributed by atoms with E-state index in [1.807, 2.05) is 6.92 Å². The molecule has 35 heavy (non-hydrogen) atoms. The number of ether oxygens (including phenoxy) is 1. The van der Waals surface area contributed by atoms with Gasteiger partial charge in [0.25, 0.3) is 15.9 Å². The van der Waals surface area contributed by atoms with E-state index in [1.54, 1.807) is 72.8 Å². The van der Waals surface area contributed by atoms with Crippen molar-refractivity contribution in [3.63, 3.8) is 0 Å². The zero-order valence-corrected chi connectivity index (χ0v) is 21.8. The van der Waals surface area contributed by atoms with E-state index in [-0.39, 0.29) is 24.0 Å². The highest BCUT2D eigenvalue weighted by Crippen LogP contribution is 2.28. The van der Waals surface area contributed by atoms with Crippen LogP contribution in [0.15, 0.2) is 77.7 Å². The Labute approximate surface area is 212 Å². The standard InChI is InChI=1S/C27H31ClN2O4S/c1-20(2)16-17-29-27(31)19-34-25-12-10-24(11-13-25)30(18-22-6-8-23(28)9-7-22)35(32,33)26-14-4-21(3)5-15-26/h4-15,20H,16-19H2,1-3H3,(H,29,31). The number of carbonyl (C=O) groups excluding carboxylic acids is 1. The molecule has 1 N–H and O–H groups in total. The third-order valence-corrected chi connectivity index (χ3v) is 7.43. The van der Waals surface area contributed by atoms with Crippen molar-refractivity contribution in [2.24, 2.45) is 5.92 Å². The van der Waals surface area contributed by atoms with Crippen LogP contribution in [0.3, 0.4) is 0 Å². The van der Waals surface area contributed by atoms with Crippen molar-refractivity contribution in [3.8, 4) is 5.75 Å². The second-order valence-electron chi connectivity index (χ2n) is 8.77. The van der Waals surface area contributed by atoms with Gasteiger partial charge in [-0.2, -0.15) is 0 Å². The Morgan fingerprint density at radius 1 is 0.971 bits per heavy atom. The Hall–Kier alpha value is -3.03. The number of nitrogens with zero attached hydrogens (tertiary/aromatic N) is 1. The topological polar surface area (TPSA) is 75.7 Å². The molecule has 0 aliphatic carbocycles. The quantitative estimate of drug-likeness (QED) is 0.362. The van der Waals surface area contributed by atoms with Crippen molar-refractivity contribution >= 4 is 33.2 Å². The molecule has 0 aliphatic rings. The molecule has 0 aliphatic heterocycles. The summed E-state index contributed by atoms with van der Waals surface area (Å²) in [4.78, 5) is 12.2. The summed E-state index contributed by atoms with van der Waals surface area (Å²) in [6.45, 7) is 6.74. The number of rotatable bonds is 11. The fourth-order valence-electron chi connectivity index (χ4n) is 3.32. The lowest BCUT2D eigenvalue weighted by Gasteiger charge is -2.25. The summed E-state index contributed by atoms with van der Waals surface area (Å²) >= 11 is 6.00. The Bertz CT molecular complexity index is 1210. The number of amides is 1. The number of sulfonamides is 1. The van der Waals surface area contributed by atoms with Gasteiger partial charge >= 0.3 is 0 Å². The average Bonchev–Trinajstić information content (AvgIpc) is 2.83. The monoisotopic (exact) mass is 514 g/mol. The predicted octanol–water partition coefficient (Wildman–Crippen LogP) is 5.59. The van der Waals surface area contributed by atoms with Gasteiger partial charge in [-0.25, -0.2) is 8.42 Å². The van der Waals surface area contributed by atoms with Crippen LogP contribution in [-0.4, -0.2) is 27.5 Å². The summed E-state index contributed by atoms with van der Waals surface area (Å²) in [6.07, 6.45) is 0.902. The SMILES string of the molecule is Cc1ccc(S(=O)(=O)N(Cc2ccc(Cl)cc2)c2ccc(OCC(=O)NCCC(C)C)cc2)cc1. The molecule has 0 radical (unpaired) electrons. The molecule has 0 aromatic heterocycles. The van der Waals surface area contributed by atoms with Gasteiger partial charge in [-0.05, 0) is 73.4 Å². The van der Waals surface area contributed by atoms with Gasteiger partial charge in [0.1, 0.15) is 5.75 Å². The Kier molecular flexibility index (Phi) is 9.18. The van der Waals surface area contributed by atoms with Crippen molar-refractivity contribution in [3.05, 3.63) is 88.9 Å².